The summed E-state index contributed by atoms with van der Waals surface area (Å²) in [7, 11) is 0. The second kappa shape index (κ2) is 69.5. The van der Waals surface area contributed by atoms with Gasteiger partial charge in [0.1, 0.15) is 0 Å². The van der Waals surface area contributed by atoms with E-state index in [1.165, 1.54) is 0 Å². The van der Waals surface area contributed by atoms with Crippen LogP contribution in [-0.4, -0.2) is 0 Å². The van der Waals surface area contributed by atoms with Gasteiger partial charge in [-0.05, 0) is 0 Å². The van der Waals surface area contributed by atoms with Gasteiger partial charge in [0.25, 0.3) is 0 Å². The van der Waals surface area contributed by atoms with Crippen molar-refractivity contribution in [3.63, 3.8) is 0 Å². The van der Waals surface area contributed by atoms with Gasteiger partial charge in [-0.15, -0.1) is 0 Å². The van der Waals surface area contributed by atoms with Crippen molar-refractivity contribution in [2.24, 2.45) is 0 Å². The van der Waals surface area contributed by atoms with Gasteiger partial charge in [0.15, 0.2) is 0 Å². The number of rotatable bonds is 0. The predicted octanol–water partition coefficient (Wildman–Crippen LogP) is -18.0. The van der Waals surface area contributed by atoms with Crippen molar-refractivity contribution in [3.8, 4) is 0 Å². The summed E-state index contributed by atoms with van der Waals surface area (Å²) in [5.74, 6) is 0. The minimum absolute atomic E-state index is 0. The maximum atomic E-state index is 0. The minimum Gasteiger partial charge on any atom is -1.00 e. The van der Waals surface area contributed by atoms with Crippen molar-refractivity contribution in [2.45, 2.75) is 0 Å². The number of hydrogen-bond acceptors (Lipinski definition) is 0. The van der Waals surface area contributed by atoms with Crippen molar-refractivity contribution in [3.05, 3.63) is 0 Å². The van der Waals surface area contributed by atoms with Gasteiger partial charge < -0.3 is 74.4 Å². The van der Waals surface area contributed by atoms with Crippen LogP contribution in [0.4, 0.5) is 0 Å². The van der Waals surface area contributed by atoms with Crippen LogP contribution >= 0.6 is 0 Å². The molecule has 0 heterocycles. The first-order valence-corrected chi connectivity index (χ1v) is 0. The molecule has 0 fully saturated rings. The largest absolute Gasteiger partial charge is 3.00 e. The predicted molar refractivity (Wildman–Crippen MR) is 0 cm³/mol. The van der Waals surface area contributed by atoms with Crippen LogP contribution in [0.25, 0.3) is 0 Å². The number of halogens is 6. The van der Waals surface area contributed by atoms with E-state index in [4.69, 9.17) is 0 Å². The molecule has 0 saturated carbocycles. The Morgan fingerprint density at radius 3 is 0.250 bits per heavy atom. The van der Waals surface area contributed by atoms with Gasteiger partial charge in [-0.3, -0.25) is 0 Å². The topological polar surface area (TPSA) is 0 Å². The Morgan fingerprint density at radius 1 is 0.250 bits per heavy atom. The second-order valence-electron chi connectivity index (χ2n) is 0. The van der Waals surface area contributed by atoms with Crippen LogP contribution in [-0.2, 0) is 65.4 Å². The zero-order chi connectivity index (χ0) is 0. The van der Waals surface area contributed by atoms with E-state index in [-0.39, 0.29) is 140 Å². The van der Waals surface area contributed by atoms with Gasteiger partial charge in [0.2, 0.25) is 0 Å². The third-order valence-corrected chi connectivity index (χ3v) is 0. The monoisotopic (exact) mass is 388 g/mol. The molecule has 0 aromatic rings. The van der Waals surface area contributed by atoms with E-state index >= 15 is 0 Å². The first-order valence-electron chi connectivity index (χ1n) is 0. The summed E-state index contributed by atoms with van der Waals surface area (Å²) in [5.41, 5.74) is 0. The fraction of sp³-hybridized carbons (Fsp3) is 0. The van der Waals surface area contributed by atoms with Crippen LogP contribution in [0.3, 0.4) is 0 Å². The van der Waals surface area contributed by atoms with Crippen LogP contribution in [0.15, 0.2) is 0 Å². The first kappa shape index (κ1) is 91.9. The molecule has 0 nitrogen and oxygen atoms in total. The van der Waals surface area contributed by atoms with E-state index in [2.05, 4.69) is 0 Å². The van der Waals surface area contributed by atoms with E-state index in [9.17, 15) is 0 Å². The van der Waals surface area contributed by atoms with Crippen molar-refractivity contribution >= 4 is 0 Å². The maximum absolute atomic E-state index is 0. The zero-order valence-electron chi connectivity index (χ0n) is 3.42. The third kappa shape index (κ3) is 51.1. The average Bonchev–Trinajstić information content (AvgIpc) is 0. The van der Waals surface area contributed by atoms with Crippen LogP contribution in [0.5, 0.6) is 0 Å². The molecule has 0 unspecified atom stereocenters. The molecule has 0 amide bonds. The SMILES string of the molecule is [Cl-].[Cl-].[Cl-].[Cl-].[Cl-].[Cl-].[Y+3].[Y+3]. The summed E-state index contributed by atoms with van der Waals surface area (Å²) in [4.78, 5) is 0. The first-order chi connectivity index (χ1) is 0. The van der Waals surface area contributed by atoms with E-state index in [1.807, 2.05) is 0 Å². The average molecular weight is 391 g/mol. The van der Waals surface area contributed by atoms with Crippen molar-refractivity contribution in [2.75, 3.05) is 0 Å². The van der Waals surface area contributed by atoms with Crippen molar-refractivity contribution in [1.29, 1.82) is 0 Å². The summed E-state index contributed by atoms with van der Waals surface area (Å²) >= 11 is 0. The minimum atomic E-state index is 0. The van der Waals surface area contributed by atoms with Crippen LogP contribution < -0.4 is 74.4 Å². The van der Waals surface area contributed by atoms with Gasteiger partial charge in [0, 0.05) is 0 Å². The Morgan fingerprint density at radius 2 is 0.250 bits per heavy atom. The third-order valence-electron chi connectivity index (χ3n) is 0. The molecule has 0 aliphatic heterocycles. The molecule has 0 radical (unpaired) electrons. The summed E-state index contributed by atoms with van der Waals surface area (Å²) < 4.78 is 0. The van der Waals surface area contributed by atoms with Crippen LogP contribution in [0, 0.1) is 0 Å². The second-order valence-corrected chi connectivity index (χ2v) is 0. The van der Waals surface area contributed by atoms with Crippen LogP contribution in [0.1, 0.15) is 0 Å². The molecule has 0 aliphatic carbocycles. The standard InChI is InChI=1S/6ClH.2Y/h6*1H;;/q;;;;;;2*+3/p-6. The van der Waals surface area contributed by atoms with Gasteiger partial charge in [-0.2, -0.15) is 0 Å². The molecule has 8 heavy (non-hydrogen) atoms. The molecule has 48 valence electrons. The molecule has 0 atom stereocenters. The van der Waals surface area contributed by atoms with Gasteiger partial charge >= 0.3 is 65.4 Å². The summed E-state index contributed by atoms with van der Waals surface area (Å²) in [6.07, 6.45) is 0. The molecule has 0 aliphatic rings. The molecule has 0 rings (SSSR count). The van der Waals surface area contributed by atoms with Crippen molar-refractivity contribution < 1.29 is 140 Å². The molecule has 0 spiro atoms. The molecule has 8 heteroatoms. The Labute approximate surface area is 137 Å². The summed E-state index contributed by atoms with van der Waals surface area (Å²) in [5, 5.41) is 0. The Kier molecular flexibility index (Phi) is 798. The number of hydrogen-bond donors (Lipinski definition) is 0. The Balaban J connectivity index is 0. The maximum Gasteiger partial charge on any atom is 3.00 e. The molecule has 0 N–H and O–H groups in total. The smallest absolute Gasteiger partial charge is 1.00 e. The fourth-order valence-corrected chi connectivity index (χ4v) is 0. The van der Waals surface area contributed by atoms with Crippen LogP contribution in [0.2, 0.25) is 0 Å². The molecular formula is Cl6Y2. The van der Waals surface area contributed by atoms with Crippen molar-refractivity contribution in [1.82, 2.24) is 0 Å². The van der Waals surface area contributed by atoms with E-state index in [0.717, 1.165) is 0 Å². The van der Waals surface area contributed by atoms with Gasteiger partial charge in [-0.25, -0.2) is 0 Å². The molecule has 0 bridgehead atoms. The Hall–Kier alpha value is 3.95. The molecule has 0 aromatic heterocycles. The van der Waals surface area contributed by atoms with Gasteiger partial charge in [0.05, 0.1) is 0 Å². The summed E-state index contributed by atoms with van der Waals surface area (Å²) in [6, 6.07) is 0. The zero-order valence-corrected chi connectivity index (χ0v) is 13.6. The quantitative estimate of drug-likeness (QED) is 0.386. The normalized spacial score (nSPS) is 0. The van der Waals surface area contributed by atoms with E-state index < -0.39 is 0 Å². The van der Waals surface area contributed by atoms with E-state index in [0.29, 0.717) is 0 Å². The molecular weight excluding hydrogens is 391 g/mol. The fourth-order valence-electron chi connectivity index (χ4n) is 0. The molecule has 0 aromatic carbocycles. The Bertz CT molecular complexity index is 6.49. The molecule has 0 saturated heterocycles. The summed E-state index contributed by atoms with van der Waals surface area (Å²) in [6.45, 7) is 0. The van der Waals surface area contributed by atoms with Gasteiger partial charge in [-0.1, -0.05) is 0 Å². The van der Waals surface area contributed by atoms with E-state index in [1.54, 1.807) is 0 Å².